The van der Waals surface area contributed by atoms with Crippen LogP contribution < -0.4 is 0 Å². The van der Waals surface area contributed by atoms with Crippen LogP contribution in [0, 0.1) is 0 Å². The third kappa shape index (κ3) is 3.96. The lowest BCUT2D eigenvalue weighted by molar-refractivity contribution is -0.138. The molecule has 0 spiro atoms. The van der Waals surface area contributed by atoms with Gasteiger partial charge in [-0.2, -0.15) is 0 Å². The first-order valence-corrected chi connectivity index (χ1v) is 7.53. The number of ether oxygens (including phenoxy) is 1. The van der Waals surface area contributed by atoms with Crippen LogP contribution >= 0.6 is 11.6 Å². The van der Waals surface area contributed by atoms with Crippen molar-refractivity contribution in [3.8, 4) is 0 Å². The maximum absolute atomic E-state index is 11.8. The minimum absolute atomic E-state index is 0.192. The molecule has 3 nitrogen and oxygen atoms in total. The van der Waals surface area contributed by atoms with Crippen LogP contribution in [0.3, 0.4) is 0 Å². The molecule has 0 bridgehead atoms. The van der Waals surface area contributed by atoms with Crippen molar-refractivity contribution in [3.05, 3.63) is 83.0 Å². The standard InChI is InChI=1S/C19H14ClNO2/c20-17-8-1-4-14(12-17)13-23-18(22)10-9-16-6-2-5-15-7-3-11-21-19(15)16/h1-12H,13H2/b10-9+. The predicted molar refractivity (Wildman–Crippen MR) is 92.0 cm³/mol. The van der Waals surface area contributed by atoms with E-state index in [0.717, 1.165) is 22.0 Å². The van der Waals surface area contributed by atoms with E-state index in [1.54, 1.807) is 24.4 Å². The summed E-state index contributed by atoms with van der Waals surface area (Å²) in [6.07, 6.45) is 4.86. The summed E-state index contributed by atoms with van der Waals surface area (Å²) in [5.41, 5.74) is 2.59. The molecule has 1 aromatic heterocycles. The Kier molecular flexibility index (Phi) is 4.69. The molecule has 0 aliphatic carbocycles. The highest BCUT2D eigenvalue weighted by molar-refractivity contribution is 6.30. The number of esters is 1. The van der Waals surface area contributed by atoms with Crippen LogP contribution in [-0.4, -0.2) is 11.0 Å². The van der Waals surface area contributed by atoms with Gasteiger partial charge in [0.15, 0.2) is 0 Å². The van der Waals surface area contributed by atoms with Crippen molar-refractivity contribution in [2.45, 2.75) is 6.61 Å². The van der Waals surface area contributed by atoms with Crippen molar-refractivity contribution >= 4 is 34.5 Å². The largest absolute Gasteiger partial charge is 0.458 e. The minimum Gasteiger partial charge on any atom is -0.458 e. The molecule has 0 aliphatic heterocycles. The number of carbonyl (C=O) groups is 1. The van der Waals surface area contributed by atoms with Crippen molar-refractivity contribution in [1.82, 2.24) is 4.98 Å². The van der Waals surface area contributed by atoms with Gasteiger partial charge in [0, 0.05) is 28.2 Å². The summed E-state index contributed by atoms with van der Waals surface area (Å²) in [6.45, 7) is 0.192. The van der Waals surface area contributed by atoms with E-state index in [-0.39, 0.29) is 6.61 Å². The van der Waals surface area contributed by atoms with Crippen LogP contribution in [0.1, 0.15) is 11.1 Å². The Morgan fingerprint density at radius 2 is 1.96 bits per heavy atom. The Hall–Kier alpha value is -2.65. The van der Waals surface area contributed by atoms with Crippen molar-refractivity contribution < 1.29 is 9.53 Å². The second kappa shape index (κ2) is 7.07. The monoisotopic (exact) mass is 323 g/mol. The van der Waals surface area contributed by atoms with Gasteiger partial charge in [0.1, 0.15) is 6.61 Å². The van der Waals surface area contributed by atoms with E-state index in [9.17, 15) is 4.79 Å². The fourth-order valence-electron chi connectivity index (χ4n) is 2.25. The van der Waals surface area contributed by atoms with Gasteiger partial charge in [-0.1, -0.05) is 48.0 Å². The third-order valence-corrected chi connectivity index (χ3v) is 3.57. The Morgan fingerprint density at radius 1 is 1.13 bits per heavy atom. The molecule has 0 atom stereocenters. The van der Waals surface area contributed by atoms with E-state index in [1.807, 2.05) is 42.5 Å². The first-order valence-electron chi connectivity index (χ1n) is 7.15. The molecule has 23 heavy (non-hydrogen) atoms. The summed E-state index contributed by atoms with van der Waals surface area (Å²) in [4.78, 5) is 16.2. The molecule has 0 radical (unpaired) electrons. The molecular weight excluding hydrogens is 310 g/mol. The summed E-state index contributed by atoms with van der Waals surface area (Å²) >= 11 is 5.90. The van der Waals surface area contributed by atoms with Gasteiger partial charge in [-0.05, 0) is 29.8 Å². The first kappa shape index (κ1) is 15.3. The lowest BCUT2D eigenvalue weighted by atomic mass is 10.1. The van der Waals surface area contributed by atoms with Crippen LogP contribution in [0.15, 0.2) is 66.9 Å². The van der Waals surface area contributed by atoms with Gasteiger partial charge in [-0.15, -0.1) is 0 Å². The van der Waals surface area contributed by atoms with Crippen molar-refractivity contribution in [3.63, 3.8) is 0 Å². The molecule has 0 fully saturated rings. The fraction of sp³-hybridized carbons (Fsp3) is 0.0526. The van der Waals surface area contributed by atoms with Crippen LogP contribution in [0.25, 0.3) is 17.0 Å². The fourth-order valence-corrected chi connectivity index (χ4v) is 2.46. The molecule has 114 valence electrons. The highest BCUT2D eigenvalue weighted by atomic mass is 35.5. The minimum atomic E-state index is -0.405. The number of nitrogens with zero attached hydrogens (tertiary/aromatic N) is 1. The molecule has 0 unspecified atom stereocenters. The van der Waals surface area contributed by atoms with E-state index < -0.39 is 5.97 Å². The number of rotatable bonds is 4. The second-order valence-corrected chi connectivity index (χ2v) is 5.43. The Balaban J connectivity index is 1.68. The van der Waals surface area contributed by atoms with Gasteiger partial charge >= 0.3 is 5.97 Å². The van der Waals surface area contributed by atoms with Crippen molar-refractivity contribution in [1.29, 1.82) is 0 Å². The summed E-state index contributed by atoms with van der Waals surface area (Å²) in [6, 6.07) is 16.9. The number of para-hydroxylation sites is 1. The van der Waals surface area contributed by atoms with Gasteiger partial charge < -0.3 is 4.74 Å². The number of carbonyl (C=O) groups excluding carboxylic acids is 1. The van der Waals surface area contributed by atoms with Crippen molar-refractivity contribution in [2.75, 3.05) is 0 Å². The van der Waals surface area contributed by atoms with Crippen LogP contribution in [-0.2, 0) is 16.1 Å². The second-order valence-electron chi connectivity index (χ2n) is 4.99. The number of benzene rings is 2. The molecule has 0 amide bonds. The van der Waals surface area contributed by atoms with Crippen LogP contribution in [0.5, 0.6) is 0 Å². The topological polar surface area (TPSA) is 39.2 Å². The summed E-state index contributed by atoms with van der Waals surface area (Å²) < 4.78 is 5.21. The Labute approximate surface area is 139 Å². The van der Waals surface area contributed by atoms with E-state index in [1.165, 1.54) is 6.08 Å². The van der Waals surface area contributed by atoms with Gasteiger partial charge in [0.05, 0.1) is 5.52 Å². The lowest BCUT2D eigenvalue weighted by Crippen LogP contribution is -2.00. The van der Waals surface area contributed by atoms with Crippen LogP contribution in [0.2, 0.25) is 5.02 Å². The number of fused-ring (bicyclic) bond motifs is 1. The molecule has 0 aliphatic rings. The predicted octanol–water partition coefficient (Wildman–Crippen LogP) is 4.64. The summed E-state index contributed by atoms with van der Waals surface area (Å²) in [5.74, 6) is -0.405. The first-order chi connectivity index (χ1) is 11.2. The molecule has 1 heterocycles. The van der Waals surface area contributed by atoms with Crippen molar-refractivity contribution in [2.24, 2.45) is 0 Å². The number of halogens is 1. The number of aromatic nitrogens is 1. The average Bonchev–Trinajstić information content (AvgIpc) is 2.58. The quantitative estimate of drug-likeness (QED) is 0.518. The van der Waals surface area contributed by atoms with E-state index in [2.05, 4.69) is 4.98 Å². The molecular formula is C19H14ClNO2. The van der Waals surface area contributed by atoms with Gasteiger partial charge in [0.25, 0.3) is 0 Å². The zero-order valence-electron chi connectivity index (χ0n) is 12.3. The zero-order valence-corrected chi connectivity index (χ0v) is 13.0. The summed E-state index contributed by atoms with van der Waals surface area (Å²) in [5, 5.41) is 1.65. The zero-order chi connectivity index (χ0) is 16.1. The normalized spacial score (nSPS) is 11.0. The third-order valence-electron chi connectivity index (χ3n) is 3.33. The average molecular weight is 324 g/mol. The highest BCUT2D eigenvalue weighted by Gasteiger charge is 2.02. The smallest absolute Gasteiger partial charge is 0.331 e. The molecule has 4 heteroatoms. The highest BCUT2D eigenvalue weighted by Crippen LogP contribution is 2.17. The maximum atomic E-state index is 11.8. The Bertz CT molecular complexity index is 869. The van der Waals surface area contributed by atoms with Gasteiger partial charge in [-0.25, -0.2) is 4.79 Å². The van der Waals surface area contributed by atoms with Crippen LogP contribution in [0.4, 0.5) is 0 Å². The molecule has 3 aromatic rings. The molecule has 0 saturated carbocycles. The van der Waals surface area contributed by atoms with E-state index >= 15 is 0 Å². The molecule has 0 saturated heterocycles. The van der Waals surface area contributed by atoms with Gasteiger partial charge in [-0.3, -0.25) is 4.98 Å². The molecule has 3 rings (SSSR count). The summed E-state index contributed by atoms with van der Waals surface area (Å²) in [7, 11) is 0. The van der Waals surface area contributed by atoms with Gasteiger partial charge in [0.2, 0.25) is 0 Å². The SMILES string of the molecule is O=C(/C=C/c1cccc2cccnc12)OCc1cccc(Cl)c1. The van der Waals surface area contributed by atoms with E-state index in [0.29, 0.717) is 5.02 Å². The molecule has 2 aromatic carbocycles. The number of hydrogen-bond acceptors (Lipinski definition) is 3. The number of pyridine rings is 1. The Morgan fingerprint density at radius 3 is 2.83 bits per heavy atom. The maximum Gasteiger partial charge on any atom is 0.331 e. The molecule has 0 N–H and O–H groups in total. The number of hydrogen-bond donors (Lipinski definition) is 0. The van der Waals surface area contributed by atoms with E-state index in [4.69, 9.17) is 16.3 Å². The lowest BCUT2D eigenvalue weighted by Gasteiger charge is -2.03.